The molecule has 4 nitrogen and oxygen atoms in total. The molecule has 2 fully saturated rings. The van der Waals surface area contributed by atoms with Crippen LogP contribution in [0.15, 0.2) is 33.7 Å². The van der Waals surface area contributed by atoms with Crippen LogP contribution in [0.3, 0.4) is 0 Å². The van der Waals surface area contributed by atoms with Gasteiger partial charge in [0.05, 0.1) is 17.2 Å². The minimum Gasteiger partial charge on any atom is -0.338 e. The molecule has 0 bridgehead atoms. The lowest BCUT2D eigenvalue weighted by Crippen LogP contribution is -2.45. The molecule has 0 unspecified atom stereocenters. The van der Waals surface area contributed by atoms with Crippen molar-refractivity contribution in [1.29, 1.82) is 0 Å². The predicted molar refractivity (Wildman–Crippen MR) is 88.5 cm³/mol. The lowest BCUT2D eigenvalue weighted by Gasteiger charge is -2.33. The second kappa shape index (κ2) is 5.52. The van der Waals surface area contributed by atoms with Crippen molar-refractivity contribution in [1.82, 2.24) is 4.90 Å². The van der Waals surface area contributed by atoms with E-state index in [1.807, 2.05) is 43.5 Å². The average molecular weight is 332 g/mol. The normalized spacial score (nSPS) is 24.6. The van der Waals surface area contributed by atoms with Gasteiger partial charge in [0, 0.05) is 30.4 Å². The van der Waals surface area contributed by atoms with Crippen LogP contribution in [0.1, 0.15) is 16.8 Å². The van der Waals surface area contributed by atoms with Crippen LogP contribution in [0.25, 0.3) is 0 Å². The van der Waals surface area contributed by atoms with Gasteiger partial charge in [-0.3, -0.25) is 9.59 Å². The van der Waals surface area contributed by atoms with Gasteiger partial charge in [-0.05, 0) is 35.2 Å². The molecular weight excluding hydrogens is 316 g/mol. The van der Waals surface area contributed by atoms with Crippen molar-refractivity contribution in [2.75, 3.05) is 24.5 Å². The van der Waals surface area contributed by atoms with Gasteiger partial charge in [0.2, 0.25) is 5.91 Å². The van der Waals surface area contributed by atoms with E-state index in [0.717, 1.165) is 24.2 Å². The summed E-state index contributed by atoms with van der Waals surface area (Å²) in [6.45, 7) is 2.03. The molecule has 0 N–H and O–H groups in total. The van der Waals surface area contributed by atoms with Gasteiger partial charge in [-0.2, -0.15) is 22.7 Å². The van der Waals surface area contributed by atoms with Crippen LogP contribution in [0.2, 0.25) is 0 Å². The number of nitrogens with zero attached hydrogens (tertiary/aromatic N) is 2. The number of thiophene rings is 2. The van der Waals surface area contributed by atoms with Crippen LogP contribution < -0.4 is 4.90 Å². The Kier molecular flexibility index (Phi) is 3.50. The number of carbonyl (C=O) groups excluding carboxylic acids is 2. The second-order valence-corrected chi connectivity index (χ2v) is 7.41. The lowest BCUT2D eigenvalue weighted by atomic mass is 9.88. The van der Waals surface area contributed by atoms with Crippen molar-refractivity contribution in [3.63, 3.8) is 0 Å². The number of piperidine rings is 1. The van der Waals surface area contributed by atoms with Crippen LogP contribution in [0.5, 0.6) is 0 Å². The Balaban J connectivity index is 1.51. The predicted octanol–water partition coefficient (Wildman–Crippen LogP) is 2.93. The molecule has 4 rings (SSSR count). The monoisotopic (exact) mass is 332 g/mol. The van der Waals surface area contributed by atoms with E-state index >= 15 is 0 Å². The van der Waals surface area contributed by atoms with Crippen molar-refractivity contribution in [3.8, 4) is 0 Å². The first kappa shape index (κ1) is 14.0. The molecule has 2 amide bonds. The van der Waals surface area contributed by atoms with Crippen LogP contribution in [-0.2, 0) is 4.79 Å². The average Bonchev–Trinajstić information content (AvgIpc) is 3.27. The first-order chi connectivity index (χ1) is 10.7. The topological polar surface area (TPSA) is 40.6 Å². The maximum atomic E-state index is 12.8. The molecule has 114 valence electrons. The number of hydrogen-bond donors (Lipinski definition) is 0. The highest BCUT2D eigenvalue weighted by Gasteiger charge is 2.44. The minimum absolute atomic E-state index is 0.0452. The quantitative estimate of drug-likeness (QED) is 0.848. The Morgan fingerprint density at radius 1 is 1.14 bits per heavy atom. The Morgan fingerprint density at radius 3 is 2.68 bits per heavy atom. The molecule has 22 heavy (non-hydrogen) atoms. The van der Waals surface area contributed by atoms with Crippen LogP contribution in [-0.4, -0.2) is 36.3 Å². The molecule has 0 saturated carbocycles. The van der Waals surface area contributed by atoms with E-state index in [1.165, 1.54) is 11.3 Å². The van der Waals surface area contributed by atoms with Crippen molar-refractivity contribution >= 4 is 40.2 Å². The number of hydrogen-bond acceptors (Lipinski definition) is 4. The molecule has 2 aromatic rings. The van der Waals surface area contributed by atoms with Crippen LogP contribution >= 0.6 is 22.7 Å². The summed E-state index contributed by atoms with van der Waals surface area (Å²) < 4.78 is 0. The van der Waals surface area contributed by atoms with Gasteiger partial charge >= 0.3 is 0 Å². The van der Waals surface area contributed by atoms with Gasteiger partial charge in [-0.25, -0.2) is 0 Å². The maximum Gasteiger partial charge on any atom is 0.254 e. The Labute approximate surface area is 137 Å². The van der Waals surface area contributed by atoms with E-state index in [1.54, 1.807) is 11.3 Å². The van der Waals surface area contributed by atoms with Gasteiger partial charge in [0.15, 0.2) is 0 Å². The van der Waals surface area contributed by atoms with Crippen LogP contribution in [0.4, 0.5) is 5.69 Å². The Hall–Kier alpha value is -1.66. The van der Waals surface area contributed by atoms with Crippen molar-refractivity contribution < 1.29 is 9.59 Å². The standard InChI is InChI=1S/C16H16N2O2S2/c19-15(12-2-5-21-9-12)17-7-11-1-4-18(13-3-6-22-10-13)16(20)14(11)8-17/h2-3,5-6,9-11,14H,1,4,7-8H2/t11-,14+/m1/s1. The van der Waals surface area contributed by atoms with E-state index in [-0.39, 0.29) is 17.7 Å². The summed E-state index contributed by atoms with van der Waals surface area (Å²) in [5, 5.41) is 7.81. The van der Waals surface area contributed by atoms with E-state index in [2.05, 4.69) is 0 Å². The molecule has 6 heteroatoms. The summed E-state index contributed by atoms with van der Waals surface area (Å²) in [7, 11) is 0. The van der Waals surface area contributed by atoms with E-state index in [9.17, 15) is 9.59 Å². The number of amides is 2. The highest BCUT2D eigenvalue weighted by molar-refractivity contribution is 7.08. The number of likely N-dealkylation sites (tertiary alicyclic amines) is 1. The fourth-order valence-electron chi connectivity index (χ4n) is 3.45. The molecule has 2 aromatic heterocycles. The summed E-state index contributed by atoms with van der Waals surface area (Å²) in [6.07, 6.45) is 0.972. The zero-order chi connectivity index (χ0) is 15.1. The number of fused-ring (bicyclic) bond motifs is 1. The summed E-state index contributed by atoms with van der Waals surface area (Å²) in [5.41, 5.74) is 1.74. The zero-order valence-electron chi connectivity index (χ0n) is 12.0. The van der Waals surface area contributed by atoms with Gasteiger partial charge < -0.3 is 9.80 Å². The molecule has 2 saturated heterocycles. The molecule has 0 radical (unpaired) electrons. The first-order valence-electron chi connectivity index (χ1n) is 7.39. The largest absolute Gasteiger partial charge is 0.338 e. The first-order valence-corrected chi connectivity index (χ1v) is 9.27. The third-order valence-corrected chi connectivity index (χ3v) is 5.97. The highest BCUT2D eigenvalue weighted by atomic mass is 32.1. The van der Waals surface area contributed by atoms with Crippen molar-refractivity contribution in [2.45, 2.75) is 6.42 Å². The minimum atomic E-state index is -0.0452. The smallest absolute Gasteiger partial charge is 0.254 e. The maximum absolute atomic E-state index is 12.8. The van der Waals surface area contributed by atoms with E-state index in [4.69, 9.17) is 0 Å². The zero-order valence-corrected chi connectivity index (χ0v) is 13.6. The van der Waals surface area contributed by atoms with Gasteiger partial charge in [-0.1, -0.05) is 0 Å². The van der Waals surface area contributed by atoms with E-state index in [0.29, 0.717) is 19.0 Å². The van der Waals surface area contributed by atoms with Crippen molar-refractivity contribution in [3.05, 3.63) is 39.2 Å². The molecule has 4 heterocycles. The number of anilines is 1. The number of rotatable bonds is 2. The molecule has 0 aliphatic carbocycles. The SMILES string of the molecule is O=C(c1ccsc1)N1C[C@H]2CCN(c3ccsc3)C(=O)[C@H]2C1. The van der Waals surface area contributed by atoms with E-state index < -0.39 is 0 Å². The number of carbonyl (C=O) groups is 2. The third kappa shape index (κ3) is 2.27. The molecule has 2 aliphatic heterocycles. The highest BCUT2D eigenvalue weighted by Crippen LogP contribution is 2.35. The van der Waals surface area contributed by atoms with Gasteiger partial charge in [-0.15, -0.1) is 0 Å². The molecule has 2 aliphatic rings. The third-order valence-electron chi connectivity index (χ3n) is 4.62. The summed E-state index contributed by atoms with van der Waals surface area (Å²) in [6, 6.07) is 3.85. The summed E-state index contributed by atoms with van der Waals surface area (Å²) in [4.78, 5) is 29.0. The van der Waals surface area contributed by atoms with Gasteiger partial charge in [0.1, 0.15) is 0 Å². The summed E-state index contributed by atoms with van der Waals surface area (Å²) >= 11 is 3.14. The Bertz CT molecular complexity index is 681. The molecular formula is C16H16N2O2S2. The Morgan fingerprint density at radius 2 is 1.95 bits per heavy atom. The molecule has 2 atom stereocenters. The second-order valence-electron chi connectivity index (χ2n) is 5.85. The van der Waals surface area contributed by atoms with Crippen molar-refractivity contribution in [2.24, 2.45) is 11.8 Å². The summed E-state index contributed by atoms with van der Waals surface area (Å²) in [5.74, 6) is 0.502. The van der Waals surface area contributed by atoms with Crippen LogP contribution in [0, 0.1) is 11.8 Å². The molecule has 0 aromatic carbocycles. The lowest BCUT2D eigenvalue weighted by molar-refractivity contribution is -0.124. The molecule has 0 spiro atoms. The fraction of sp³-hybridized carbons (Fsp3) is 0.375. The van der Waals surface area contributed by atoms with Gasteiger partial charge in [0.25, 0.3) is 5.91 Å². The fourth-order valence-corrected chi connectivity index (χ4v) is 4.72.